The Morgan fingerprint density at radius 2 is 2.14 bits per heavy atom. The molecule has 0 spiro atoms. The predicted molar refractivity (Wildman–Crippen MR) is 101 cm³/mol. The van der Waals surface area contributed by atoms with Gasteiger partial charge in [0.15, 0.2) is 17.3 Å². The van der Waals surface area contributed by atoms with E-state index in [9.17, 15) is 9.59 Å². The van der Waals surface area contributed by atoms with E-state index in [0.717, 1.165) is 24.9 Å². The molecule has 0 aliphatic carbocycles. The fourth-order valence-corrected chi connectivity index (χ4v) is 3.30. The molecule has 0 bridgehead atoms. The normalized spacial score (nSPS) is 15.2. The molecule has 0 saturated carbocycles. The zero-order valence-corrected chi connectivity index (χ0v) is 16.0. The van der Waals surface area contributed by atoms with Crippen LogP contribution >= 0.6 is 0 Å². The van der Waals surface area contributed by atoms with Crippen LogP contribution in [0.15, 0.2) is 28.8 Å². The molecule has 1 saturated heterocycles. The number of aromatic nitrogens is 1. The van der Waals surface area contributed by atoms with E-state index < -0.39 is 0 Å². The van der Waals surface area contributed by atoms with Gasteiger partial charge in [-0.25, -0.2) is 0 Å². The van der Waals surface area contributed by atoms with Crippen LogP contribution in [0.2, 0.25) is 0 Å². The summed E-state index contributed by atoms with van der Waals surface area (Å²) in [6.07, 6.45) is 2.30. The van der Waals surface area contributed by atoms with Gasteiger partial charge in [-0.05, 0) is 31.0 Å². The second-order valence-electron chi connectivity index (χ2n) is 6.93. The van der Waals surface area contributed by atoms with Crippen LogP contribution in [0.4, 0.5) is 0 Å². The first kappa shape index (κ1) is 19.3. The summed E-state index contributed by atoms with van der Waals surface area (Å²) in [4.78, 5) is 25.2. The Morgan fingerprint density at radius 1 is 1.24 bits per heavy atom. The molecule has 154 valence electrons. The summed E-state index contributed by atoms with van der Waals surface area (Å²) in [5, 5.41) is 6.76. The summed E-state index contributed by atoms with van der Waals surface area (Å²) in [5.74, 6) is 1.96. The van der Waals surface area contributed by atoms with E-state index >= 15 is 0 Å². The van der Waals surface area contributed by atoms with Crippen molar-refractivity contribution in [3.63, 3.8) is 0 Å². The van der Waals surface area contributed by atoms with Crippen LogP contribution in [0.1, 0.15) is 25.0 Å². The maximum absolute atomic E-state index is 11.8. The van der Waals surface area contributed by atoms with Crippen molar-refractivity contribution in [2.45, 2.75) is 25.9 Å². The smallest absolute Gasteiger partial charge is 0.246 e. The number of nitrogens with zero attached hydrogens (tertiary/aromatic N) is 2. The number of fused-ring (bicyclic) bond motifs is 1. The molecule has 3 heterocycles. The molecule has 0 atom stereocenters. The van der Waals surface area contributed by atoms with Crippen molar-refractivity contribution in [3.8, 4) is 22.8 Å². The Bertz CT molecular complexity index is 881. The average Bonchev–Trinajstić information content (AvgIpc) is 3.46. The highest BCUT2D eigenvalue weighted by molar-refractivity contribution is 5.78. The summed E-state index contributed by atoms with van der Waals surface area (Å²) in [7, 11) is 0. The van der Waals surface area contributed by atoms with Gasteiger partial charge in [-0.2, -0.15) is 0 Å². The third-order valence-corrected chi connectivity index (χ3v) is 4.80. The number of carbonyl (C=O) groups is 2. The molecular formula is C20H23N3O6. The van der Waals surface area contributed by atoms with Gasteiger partial charge in [-0.3, -0.25) is 9.59 Å². The number of amides is 2. The Hall–Kier alpha value is -3.07. The Balaban J connectivity index is 1.15. The van der Waals surface area contributed by atoms with Crippen LogP contribution in [0, 0.1) is 0 Å². The molecule has 9 nitrogen and oxygen atoms in total. The predicted octanol–water partition coefficient (Wildman–Crippen LogP) is 1.72. The fraction of sp³-hybridized carbons (Fsp3) is 0.450. The molecule has 1 fully saturated rings. The molecule has 1 aromatic heterocycles. The van der Waals surface area contributed by atoms with Crippen molar-refractivity contribution in [2.24, 2.45) is 0 Å². The highest BCUT2D eigenvalue weighted by Crippen LogP contribution is 2.36. The standard InChI is InChI=1S/C20H23N3O6/c24-19(21-6-2-8-23-7-1-3-20(23)25)12-26-11-15-10-17(29-22-15)14-4-5-16-18(9-14)28-13-27-16/h4-5,9-10H,1-3,6-8,11-13H2,(H,21,24). The van der Waals surface area contributed by atoms with Crippen molar-refractivity contribution >= 4 is 11.8 Å². The van der Waals surface area contributed by atoms with Gasteiger partial charge in [0.25, 0.3) is 0 Å². The van der Waals surface area contributed by atoms with Crippen molar-refractivity contribution in [1.29, 1.82) is 0 Å². The minimum Gasteiger partial charge on any atom is -0.454 e. The number of ether oxygens (including phenoxy) is 3. The van der Waals surface area contributed by atoms with Gasteiger partial charge in [0.05, 0.1) is 6.61 Å². The Morgan fingerprint density at radius 3 is 3.00 bits per heavy atom. The first-order chi connectivity index (χ1) is 14.2. The Labute approximate surface area is 167 Å². The summed E-state index contributed by atoms with van der Waals surface area (Å²) >= 11 is 0. The highest BCUT2D eigenvalue weighted by atomic mass is 16.7. The van der Waals surface area contributed by atoms with Crippen molar-refractivity contribution in [1.82, 2.24) is 15.4 Å². The van der Waals surface area contributed by atoms with E-state index in [1.54, 1.807) is 6.07 Å². The maximum Gasteiger partial charge on any atom is 0.246 e. The molecule has 2 aliphatic rings. The lowest BCUT2D eigenvalue weighted by atomic mass is 10.1. The fourth-order valence-electron chi connectivity index (χ4n) is 3.30. The van der Waals surface area contributed by atoms with Crippen LogP contribution < -0.4 is 14.8 Å². The SMILES string of the molecule is O=C(COCc1cc(-c2ccc3c(c2)OCO3)on1)NCCCN1CCCC1=O. The zero-order valence-electron chi connectivity index (χ0n) is 16.0. The van der Waals surface area contributed by atoms with Gasteiger partial charge < -0.3 is 29.0 Å². The van der Waals surface area contributed by atoms with Crippen LogP contribution in [0.5, 0.6) is 11.5 Å². The first-order valence-corrected chi connectivity index (χ1v) is 9.67. The van der Waals surface area contributed by atoms with Gasteiger partial charge in [0, 0.05) is 37.7 Å². The quantitative estimate of drug-likeness (QED) is 0.638. The van der Waals surface area contributed by atoms with Gasteiger partial charge in [0.1, 0.15) is 12.3 Å². The van der Waals surface area contributed by atoms with E-state index in [4.69, 9.17) is 18.7 Å². The summed E-state index contributed by atoms with van der Waals surface area (Å²) in [6.45, 7) is 2.35. The number of likely N-dealkylation sites (tertiary alicyclic amines) is 1. The zero-order chi connectivity index (χ0) is 20.1. The number of hydrogen-bond donors (Lipinski definition) is 1. The highest BCUT2D eigenvalue weighted by Gasteiger charge is 2.19. The lowest BCUT2D eigenvalue weighted by molar-refractivity contribution is -0.127. The van der Waals surface area contributed by atoms with E-state index in [1.807, 2.05) is 23.1 Å². The third-order valence-electron chi connectivity index (χ3n) is 4.80. The third kappa shape index (κ3) is 4.86. The van der Waals surface area contributed by atoms with Crippen LogP contribution in [-0.4, -0.2) is 54.9 Å². The Kier molecular flexibility index (Phi) is 5.95. The second kappa shape index (κ2) is 8.95. The second-order valence-corrected chi connectivity index (χ2v) is 6.93. The largest absolute Gasteiger partial charge is 0.454 e. The molecule has 29 heavy (non-hydrogen) atoms. The number of rotatable bonds is 9. The number of hydrogen-bond acceptors (Lipinski definition) is 7. The van der Waals surface area contributed by atoms with Gasteiger partial charge in [0.2, 0.25) is 18.6 Å². The van der Waals surface area contributed by atoms with Gasteiger partial charge >= 0.3 is 0 Å². The topological polar surface area (TPSA) is 103 Å². The number of nitrogens with one attached hydrogen (secondary N) is 1. The monoisotopic (exact) mass is 401 g/mol. The molecule has 2 aliphatic heterocycles. The molecular weight excluding hydrogens is 378 g/mol. The van der Waals surface area contributed by atoms with Crippen LogP contribution in [0.3, 0.4) is 0 Å². The van der Waals surface area contributed by atoms with E-state index in [0.29, 0.717) is 42.5 Å². The van der Waals surface area contributed by atoms with Crippen LogP contribution in [-0.2, 0) is 20.9 Å². The first-order valence-electron chi connectivity index (χ1n) is 9.67. The number of benzene rings is 1. The van der Waals surface area contributed by atoms with E-state index in [-0.39, 0.29) is 31.8 Å². The lowest BCUT2D eigenvalue weighted by Crippen LogP contribution is -2.32. The molecule has 1 aromatic carbocycles. The molecule has 0 radical (unpaired) electrons. The average molecular weight is 401 g/mol. The molecule has 0 unspecified atom stereocenters. The molecule has 4 rings (SSSR count). The summed E-state index contributed by atoms with van der Waals surface area (Å²) < 4.78 is 21.4. The van der Waals surface area contributed by atoms with E-state index in [2.05, 4.69) is 10.5 Å². The maximum atomic E-state index is 11.8. The number of carbonyl (C=O) groups excluding carboxylic acids is 2. The lowest BCUT2D eigenvalue weighted by Gasteiger charge is -2.15. The van der Waals surface area contributed by atoms with Crippen molar-refractivity contribution in [2.75, 3.05) is 33.0 Å². The van der Waals surface area contributed by atoms with Crippen molar-refractivity contribution < 1.29 is 28.3 Å². The van der Waals surface area contributed by atoms with E-state index in [1.165, 1.54) is 0 Å². The van der Waals surface area contributed by atoms with Crippen LogP contribution in [0.25, 0.3) is 11.3 Å². The van der Waals surface area contributed by atoms with Gasteiger partial charge in [-0.1, -0.05) is 5.16 Å². The molecule has 2 amide bonds. The minimum atomic E-state index is -0.197. The molecule has 2 aromatic rings. The molecule has 1 N–H and O–H groups in total. The summed E-state index contributed by atoms with van der Waals surface area (Å²) in [6, 6.07) is 7.28. The summed E-state index contributed by atoms with van der Waals surface area (Å²) in [5.41, 5.74) is 1.42. The van der Waals surface area contributed by atoms with Gasteiger partial charge in [-0.15, -0.1) is 0 Å². The van der Waals surface area contributed by atoms with Crippen molar-refractivity contribution in [3.05, 3.63) is 30.0 Å². The molecule has 9 heteroatoms. The minimum absolute atomic E-state index is 0.0607.